The van der Waals surface area contributed by atoms with Crippen LogP contribution in [0.15, 0.2) is 24.3 Å². The number of amides is 4. The van der Waals surface area contributed by atoms with E-state index >= 15 is 0 Å². The predicted molar refractivity (Wildman–Crippen MR) is 139 cm³/mol. The molecule has 13 heteroatoms. The zero-order valence-corrected chi connectivity index (χ0v) is 22.0. The molecule has 0 bridgehead atoms. The average molecular weight is 540 g/mol. The van der Waals surface area contributed by atoms with E-state index in [1.807, 2.05) is 20.1 Å². The summed E-state index contributed by atoms with van der Waals surface area (Å²) < 4.78 is 0. The van der Waals surface area contributed by atoms with Gasteiger partial charge in [-0.3, -0.25) is 19.2 Å². The summed E-state index contributed by atoms with van der Waals surface area (Å²) >= 11 is 1.45. The number of rotatable bonds is 16. The van der Waals surface area contributed by atoms with E-state index in [4.69, 9.17) is 11.5 Å². The first kappa shape index (κ1) is 31.7. The second-order valence-corrected chi connectivity index (χ2v) is 9.74. The molecule has 9 N–H and O–H groups in total. The molecule has 1 rings (SSSR count). The molecule has 0 spiro atoms. The first-order chi connectivity index (χ1) is 17.4. The number of carboxylic acid groups (broad SMARTS) is 1. The number of carbonyl (C=O) groups is 5. The fraction of sp³-hybridized carbons (Fsp3) is 0.542. The van der Waals surface area contributed by atoms with Crippen molar-refractivity contribution in [2.45, 2.75) is 63.7 Å². The zero-order chi connectivity index (χ0) is 28.1. The lowest BCUT2D eigenvalue weighted by Crippen LogP contribution is -2.58. The number of nitrogens with one attached hydrogen (secondary N) is 3. The van der Waals surface area contributed by atoms with Gasteiger partial charge in [0.15, 0.2) is 0 Å². The van der Waals surface area contributed by atoms with Crippen LogP contribution in [0.2, 0.25) is 0 Å². The van der Waals surface area contributed by atoms with E-state index in [0.29, 0.717) is 17.7 Å². The second kappa shape index (κ2) is 15.7. The number of aliphatic carboxylic acids is 1. The van der Waals surface area contributed by atoms with Gasteiger partial charge in [-0.15, -0.1) is 0 Å². The Morgan fingerprint density at radius 2 is 1.49 bits per heavy atom. The van der Waals surface area contributed by atoms with Crippen LogP contribution in [-0.2, 0) is 30.4 Å². The Hall–Kier alpha value is -3.32. The summed E-state index contributed by atoms with van der Waals surface area (Å²) in [5.41, 5.74) is 11.8. The number of phenolic OH excluding ortho intramolecular Hbond substituents is 1. The number of phenols is 1. The van der Waals surface area contributed by atoms with Crippen LogP contribution in [0.1, 0.15) is 38.7 Å². The van der Waals surface area contributed by atoms with Gasteiger partial charge in [-0.1, -0.05) is 32.4 Å². The Morgan fingerprint density at radius 1 is 0.946 bits per heavy atom. The van der Waals surface area contributed by atoms with E-state index in [-0.39, 0.29) is 24.5 Å². The van der Waals surface area contributed by atoms with Crippen molar-refractivity contribution >= 4 is 41.4 Å². The van der Waals surface area contributed by atoms with Gasteiger partial charge >= 0.3 is 5.97 Å². The van der Waals surface area contributed by atoms with Crippen LogP contribution in [0, 0.1) is 5.92 Å². The molecule has 0 aliphatic rings. The van der Waals surface area contributed by atoms with Gasteiger partial charge < -0.3 is 37.6 Å². The number of nitrogens with two attached hydrogens (primary N) is 2. The first-order valence-corrected chi connectivity index (χ1v) is 13.2. The fourth-order valence-electron chi connectivity index (χ4n) is 3.31. The van der Waals surface area contributed by atoms with E-state index in [2.05, 4.69) is 16.0 Å². The number of carboxylic acids is 1. The van der Waals surface area contributed by atoms with Crippen LogP contribution in [0.3, 0.4) is 0 Å². The number of aromatic hydroxyl groups is 1. The molecule has 0 saturated carbocycles. The van der Waals surface area contributed by atoms with Gasteiger partial charge in [0.25, 0.3) is 0 Å². The van der Waals surface area contributed by atoms with Crippen molar-refractivity contribution in [1.82, 2.24) is 16.0 Å². The first-order valence-electron chi connectivity index (χ1n) is 11.8. The van der Waals surface area contributed by atoms with Crippen molar-refractivity contribution in [3.8, 4) is 5.75 Å². The zero-order valence-electron chi connectivity index (χ0n) is 21.2. The lowest BCUT2D eigenvalue weighted by Gasteiger charge is -2.25. The highest BCUT2D eigenvalue weighted by molar-refractivity contribution is 7.98. The lowest BCUT2D eigenvalue weighted by molar-refractivity contribution is -0.142. The summed E-state index contributed by atoms with van der Waals surface area (Å²) in [5.74, 6) is -4.03. The molecule has 1 aromatic carbocycles. The predicted octanol–water partition coefficient (Wildman–Crippen LogP) is -0.524. The molecule has 0 aromatic heterocycles. The van der Waals surface area contributed by atoms with Gasteiger partial charge in [0.05, 0.1) is 12.5 Å². The Morgan fingerprint density at radius 3 is 2.00 bits per heavy atom. The van der Waals surface area contributed by atoms with Crippen molar-refractivity contribution in [2.24, 2.45) is 17.4 Å². The summed E-state index contributed by atoms with van der Waals surface area (Å²) in [6.45, 7) is 3.69. The molecule has 12 nitrogen and oxygen atoms in total. The van der Waals surface area contributed by atoms with Gasteiger partial charge in [-0.05, 0) is 42.0 Å². The number of thioether (sulfide) groups is 1. The monoisotopic (exact) mass is 539 g/mol. The molecule has 1 aromatic rings. The smallest absolute Gasteiger partial charge is 0.326 e. The third-order valence-electron chi connectivity index (χ3n) is 5.83. The van der Waals surface area contributed by atoms with Gasteiger partial charge in [0, 0.05) is 6.42 Å². The van der Waals surface area contributed by atoms with Crippen LogP contribution >= 0.6 is 11.8 Å². The Bertz CT molecular complexity index is 944. The largest absolute Gasteiger partial charge is 0.508 e. The number of hydrogen-bond acceptors (Lipinski definition) is 8. The normalized spacial score (nSPS) is 14.9. The number of benzene rings is 1. The van der Waals surface area contributed by atoms with Crippen molar-refractivity contribution in [3.05, 3.63) is 29.8 Å². The SMILES string of the molecule is CCC(C)C(N)C(=O)NC(CCSC)C(=O)NC(CC(N)=O)C(=O)NC(Cc1ccc(O)cc1)C(=O)O. The van der Waals surface area contributed by atoms with Crippen LogP contribution in [0.25, 0.3) is 0 Å². The van der Waals surface area contributed by atoms with Crippen molar-refractivity contribution in [2.75, 3.05) is 12.0 Å². The summed E-state index contributed by atoms with van der Waals surface area (Å²) in [5, 5.41) is 26.3. The minimum absolute atomic E-state index is 0.00267. The highest BCUT2D eigenvalue weighted by Crippen LogP contribution is 2.12. The van der Waals surface area contributed by atoms with Crippen molar-refractivity contribution in [3.63, 3.8) is 0 Å². The molecule has 5 atom stereocenters. The van der Waals surface area contributed by atoms with E-state index < -0.39 is 60.2 Å². The maximum absolute atomic E-state index is 13.0. The molecule has 0 heterocycles. The molecule has 4 amide bonds. The lowest BCUT2D eigenvalue weighted by atomic mass is 9.99. The maximum atomic E-state index is 13.0. The molecule has 0 fully saturated rings. The van der Waals surface area contributed by atoms with E-state index in [0.717, 1.165) is 0 Å². The van der Waals surface area contributed by atoms with E-state index in [9.17, 15) is 34.2 Å². The van der Waals surface area contributed by atoms with Crippen molar-refractivity contribution in [1.29, 1.82) is 0 Å². The average Bonchev–Trinajstić information content (AvgIpc) is 2.85. The number of primary amides is 1. The van der Waals surface area contributed by atoms with Gasteiger partial charge in [-0.2, -0.15) is 11.8 Å². The molecular weight excluding hydrogens is 502 g/mol. The number of hydrogen-bond donors (Lipinski definition) is 7. The third-order valence-corrected chi connectivity index (χ3v) is 6.48. The molecule has 37 heavy (non-hydrogen) atoms. The molecule has 0 aliphatic heterocycles. The maximum Gasteiger partial charge on any atom is 0.326 e. The highest BCUT2D eigenvalue weighted by atomic mass is 32.2. The standard InChI is InChI=1S/C24H37N5O7S/c1-4-13(2)20(26)23(34)27-16(9-10-37-3)21(32)28-17(12-19(25)31)22(33)29-18(24(35)36)11-14-5-7-15(30)8-6-14/h5-8,13,16-18,20,30H,4,9-12,26H2,1-3H3,(H2,25,31)(H,27,34)(H,28,32)(H,29,33)(H,35,36). The minimum Gasteiger partial charge on any atom is -0.508 e. The van der Waals surface area contributed by atoms with Gasteiger partial charge in [0.2, 0.25) is 23.6 Å². The van der Waals surface area contributed by atoms with Gasteiger partial charge in [-0.25, -0.2) is 4.79 Å². The number of carbonyl (C=O) groups excluding carboxylic acids is 4. The topological polar surface area (TPSA) is 214 Å². The Kier molecular flexibility index (Phi) is 13.5. The summed E-state index contributed by atoms with van der Waals surface area (Å²) in [7, 11) is 0. The van der Waals surface area contributed by atoms with Crippen LogP contribution in [0.4, 0.5) is 0 Å². The fourth-order valence-corrected chi connectivity index (χ4v) is 3.78. The molecule has 0 radical (unpaired) electrons. The van der Waals surface area contributed by atoms with Crippen molar-refractivity contribution < 1.29 is 34.2 Å². The quantitative estimate of drug-likeness (QED) is 0.144. The van der Waals surface area contributed by atoms with Crippen LogP contribution in [-0.4, -0.2) is 76.0 Å². The minimum atomic E-state index is -1.47. The van der Waals surface area contributed by atoms with Crippen LogP contribution in [0.5, 0.6) is 5.75 Å². The highest BCUT2D eigenvalue weighted by Gasteiger charge is 2.31. The van der Waals surface area contributed by atoms with E-state index in [1.165, 1.54) is 36.0 Å². The third kappa shape index (κ3) is 11.1. The summed E-state index contributed by atoms with van der Waals surface area (Å²) in [6, 6.07) is 1.03. The summed E-state index contributed by atoms with van der Waals surface area (Å²) in [4.78, 5) is 61.9. The summed E-state index contributed by atoms with van der Waals surface area (Å²) in [6.07, 6.45) is 2.02. The molecule has 206 valence electrons. The molecule has 5 unspecified atom stereocenters. The molecule has 0 saturated heterocycles. The van der Waals surface area contributed by atoms with Gasteiger partial charge in [0.1, 0.15) is 23.9 Å². The van der Waals surface area contributed by atoms with Crippen LogP contribution < -0.4 is 27.4 Å². The molecular formula is C24H37N5O7S. The molecule has 0 aliphatic carbocycles. The second-order valence-electron chi connectivity index (χ2n) is 8.76. The Labute approximate surface area is 220 Å². The Balaban J connectivity index is 3.02. The van der Waals surface area contributed by atoms with E-state index in [1.54, 1.807) is 0 Å².